The summed E-state index contributed by atoms with van der Waals surface area (Å²) in [6.45, 7) is 9.14. The van der Waals surface area contributed by atoms with Gasteiger partial charge in [-0.05, 0) is 79.4 Å². The van der Waals surface area contributed by atoms with Crippen LogP contribution in [0.3, 0.4) is 0 Å². The fraction of sp³-hybridized carbons (Fsp3) is 0.364. The Balaban J connectivity index is 1.94. The molecule has 0 aromatic heterocycles. The molecule has 0 unspecified atom stereocenters. The van der Waals surface area contributed by atoms with Crippen molar-refractivity contribution >= 4 is 29.2 Å². The highest BCUT2D eigenvalue weighted by atomic mass is 32.1. The Morgan fingerprint density at radius 1 is 1.18 bits per heavy atom. The zero-order valence-electron chi connectivity index (χ0n) is 17.2. The molecule has 0 amide bonds. The highest BCUT2D eigenvalue weighted by molar-refractivity contribution is 7.80. The number of methoxy groups -OCH3 is 1. The maximum absolute atomic E-state index is 5.81. The van der Waals surface area contributed by atoms with Crippen molar-refractivity contribution in [1.29, 1.82) is 0 Å². The van der Waals surface area contributed by atoms with E-state index in [1.807, 2.05) is 30.3 Å². The molecular weight excluding hydrogens is 370 g/mol. The molecule has 150 valence electrons. The predicted molar refractivity (Wildman–Crippen MR) is 121 cm³/mol. The van der Waals surface area contributed by atoms with Gasteiger partial charge >= 0.3 is 0 Å². The molecule has 0 aliphatic heterocycles. The van der Waals surface area contributed by atoms with Gasteiger partial charge in [-0.2, -0.15) is 5.10 Å². The quantitative estimate of drug-likeness (QED) is 0.369. The van der Waals surface area contributed by atoms with Crippen molar-refractivity contribution in [2.45, 2.75) is 34.1 Å². The molecule has 0 radical (unpaired) electrons. The van der Waals surface area contributed by atoms with Crippen LogP contribution in [0.25, 0.3) is 0 Å². The zero-order chi connectivity index (χ0) is 20.5. The Kier molecular flexibility index (Phi) is 8.26. The summed E-state index contributed by atoms with van der Waals surface area (Å²) >= 11 is 5.31. The van der Waals surface area contributed by atoms with Crippen molar-refractivity contribution in [2.24, 2.45) is 11.0 Å². The van der Waals surface area contributed by atoms with Gasteiger partial charge in [-0.25, -0.2) is 0 Å². The highest BCUT2D eigenvalue weighted by Gasteiger charge is 2.06. The first-order valence-electron chi connectivity index (χ1n) is 9.37. The number of rotatable bonds is 8. The number of hydrazone groups is 1. The van der Waals surface area contributed by atoms with Gasteiger partial charge < -0.3 is 14.8 Å². The smallest absolute Gasteiger partial charge is 0.191 e. The maximum atomic E-state index is 5.81. The summed E-state index contributed by atoms with van der Waals surface area (Å²) in [6.07, 6.45) is 2.69. The van der Waals surface area contributed by atoms with Crippen LogP contribution in [0, 0.1) is 19.8 Å². The normalized spacial score (nSPS) is 10.9. The van der Waals surface area contributed by atoms with Gasteiger partial charge in [-0.1, -0.05) is 26.0 Å². The van der Waals surface area contributed by atoms with E-state index >= 15 is 0 Å². The fourth-order valence-electron chi connectivity index (χ4n) is 2.49. The summed E-state index contributed by atoms with van der Waals surface area (Å²) in [6, 6.07) is 11.8. The van der Waals surface area contributed by atoms with E-state index < -0.39 is 0 Å². The molecule has 28 heavy (non-hydrogen) atoms. The largest absolute Gasteiger partial charge is 0.493 e. The van der Waals surface area contributed by atoms with E-state index in [-0.39, 0.29) is 0 Å². The summed E-state index contributed by atoms with van der Waals surface area (Å²) in [5.74, 6) is 2.02. The first-order chi connectivity index (χ1) is 13.4. The van der Waals surface area contributed by atoms with Gasteiger partial charge in [0.2, 0.25) is 0 Å². The predicted octanol–water partition coefficient (Wildman–Crippen LogP) is 5.06. The minimum atomic E-state index is 0.436. The number of ether oxygens (including phenoxy) is 2. The third-order valence-corrected chi connectivity index (χ3v) is 4.57. The molecule has 2 rings (SSSR count). The standard InChI is InChI=1S/C22H29N3O2S/c1-15(2)11-12-27-20-10-9-18(13-21(20)26-5)14-23-25-22(28)24-19-8-6-7-16(3)17(19)4/h6-10,13-15H,11-12H2,1-5H3,(H2,24,25,28). The van der Waals surface area contributed by atoms with Crippen molar-refractivity contribution in [3.8, 4) is 11.5 Å². The van der Waals surface area contributed by atoms with E-state index in [1.165, 1.54) is 5.56 Å². The lowest BCUT2D eigenvalue weighted by Crippen LogP contribution is -2.24. The van der Waals surface area contributed by atoms with E-state index in [9.17, 15) is 0 Å². The molecule has 5 nitrogen and oxygen atoms in total. The molecule has 0 bridgehead atoms. The number of nitrogens with one attached hydrogen (secondary N) is 2. The molecule has 0 saturated carbocycles. The van der Waals surface area contributed by atoms with Crippen LogP contribution >= 0.6 is 12.2 Å². The third kappa shape index (κ3) is 6.53. The van der Waals surface area contributed by atoms with Crippen molar-refractivity contribution in [3.63, 3.8) is 0 Å². The minimum absolute atomic E-state index is 0.436. The number of anilines is 1. The van der Waals surface area contributed by atoms with Crippen LogP contribution in [0.5, 0.6) is 11.5 Å². The SMILES string of the molecule is COc1cc(C=NNC(=S)Nc2cccc(C)c2C)ccc1OCCC(C)C. The Morgan fingerprint density at radius 2 is 1.96 bits per heavy atom. The molecule has 0 fully saturated rings. The Labute approximate surface area is 173 Å². The van der Waals surface area contributed by atoms with Gasteiger partial charge in [0.05, 0.1) is 19.9 Å². The first kappa shape index (κ1) is 21.7. The van der Waals surface area contributed by atoms with Crippen LogP contribution in [-0.4, -0.2) is 25.0 Å². The van der Waals surface area contributed by atoms with E-state index in [2.05, 4.69) is 49.6 Å². The van der Waals surface area contributed by atoms with Crippen LogP contribution in [0.2, 0.25) is 0 Å². The summed E-state index contributed by atoms with van der Waals surface area (Å²) < 4.78 is 11.2. The van der Waals surface area contributed by atoms with Gasteiger partial charge in [0.1, 0.15) is 0 Å². The maximum Gasteiger partial charge on any atom is 0.191 e. The Bertz CT molecular complexity index is 835. The van der Waals surface area contributed by atoms with Crippen LogP contribution in [-0.2, 0) is 0 Å². The van der Waals surface area contributed by atoms with Crippen LogP contribution in [0.15, 0.2) is 41.5 Å². The highest BCUT2D eigenvalue weighted by Crippen LogP contribution is 2.28. The summed E-state index contributed by atoms with van der Waals surface area (Å²) in [5.41, 5.74) is 7.06. The first-order valence-corrected chi connectivity index (χ1v) is 9.78. The molecule has 0 aliphatic carbocycles. The molecule has 6 heteroatoms. The van der Waals surface area contributed by atoms with Gasteiger partial charge in [0, 0.05) is 5.69 Å². The fourth-order valence-corrected chi connectivity index (χ4v) is 2.65. The van der Waals surface area contributed by atoms with Gasteiger partial charge in [-0.15, -0.1) is 0 Å². The Hall–Kier alpha value is -2.60. The van der Waals surface area contributed by atoms with E-state index in [0.717, 1.165) is 29.0 Å². The average Bonchev–Trinajstić information content (AvgIpc) is 2.66. The van der Waals surface area contributed by atoms with E-state index in [1.54, 1.807) is 13.3 Å². The number of hydrogen-bond acceptors (Lipinski definition) is 4. The van der Waals surface area contributed by atoms with E-state index in [4.69, 9.17) is 21.7 Å². The third-order valence-electron chi connectivity index (χ3n) is 4.37. The lowest BCUT2D eigenvalue weighted by Gasteiger charge is -2.12. The molecule has 0 atom stereocenters. The average molecular weight is 400 g/mol. The van der Waals surface area contributed by atoms with Gasteiger partial charge in [0.15, 0.2) is 16.6 Å². The number of aryl methyl sites for hydroxylation is 1. The number of hydrogen-bond donors (Lipinski definition) is 2. The second-order valence-electron chi connectivity index (χ2n) is 7.01. The van der Waals surface area contributed by atoms with Crippen LogP contribution in [0.4, 0.5) is 5.69 Å². The van der Waals surface area contributed by atoms with Gasteiger partial charge in [-0.3, -0.25) is 5.43 Å². The molecule has 0 saturated heterocycles. The second kappa shape index (κ2) is 10.7. The summed E-state index contributed by atoms with van der Waals surface area (Å²) in [7, 11) is 1.63. The minimum Gasteiger partial charge on any atom is -0.493 e. The number of thiocarbonyl (C=S) groups is 1. The summed E-state index contributed by atoms with van der Waals surface area (Å²) in [5, 5.41) is 7.80. The Morgan fingerprint density at radius 3 is 2.68 bits per heavy atom. The molecule has 2 N–H and O–H groups in total. The number of nitrogens with zero attached hydrogens (tertiary/aromatic N) is 1. The molecule has 0 aliphatic rings. The van der Waals surface area contributed by atoms with Gasteiger partial charge in [0.25, 0.3) is 0 Å². The zero-order valence-corrected chi connectivity index (χ0v) is 18.0. The second-order valence-corrected chi connectivity index (χ2v) is 7.42. The van der Waals surface area contributed by atoms with Crippen molar-refractivity contribution in [2.75, 3.05) is 19.0 Å². The van der Waals surface area contributed by atoms with Crippen molar-refractivity contribution in [1.82, 2.24) is 5.43 Å². The molecule has 0 spiro atoms. The van der Waals surface area contributed by atoms with Crippen LogP contribution < -0.4 is 20.2 Å². The lowest BCUT2D eigenvalue weighted by atomic mass is 10.1. The van der Waals surface area contributed by atoms with Crippen molar-refractivity contribution < 1.29 is 9.47 Å². The molecule has 0 heterocycles. The van der Waals surface area contributed by atoms with Crippen LogP contribution in [0.1, 0.15) is 37.0 Å². The van der Waals surface area contributed by atoms with Crippen molar-refractivity contribution in [3.05, 3.63) is 53.1 Å². The number of benzene rings is 2. The molecule has 2 aromatic carbocycles. The molecular formula is C22H29N3O2S. The summed E-state index contributed by atoms with van der Waals surface area (Å²) in [4.78, 5) is 0. The monoisotopic (exact) mass is 399 g/mol. The topological polar surface area (TPSA) is 54.9 Å². The van der Waals surface area contributed by atoms with E-state index in [0.29, 0.717) is 23.4 Å². The molecule has 2 aromatic rings. The lowest BCUT2D eigenvalue weighted by molar-refractivity contribution is 0.273.